The van der Waals surface area contributed by atoms with E-state index in [1.165, 1.54) is 28.9 Å². The number of amides is 1. The summed E-state index contributed by atoms with van der Waals surface area (Å²) in [4.78, 5) is 35.8. The molecule has 1 aliphatic carbocycles. The lowest BCUT2D eigenvalue weighted by Crippen LogP contribution is -2.40. The lowest BCUT2D eigenvalue weighted by Gasteiger charge is -2.32. The van der Waals surface area contributed by atoms with Gasteiger partial charge in [0.1, 0.15) is 16.9 Å². The van der Waals surface area contributed by atoms with Crippen molar-refractivity contribution in [2.75, 3.05) is 13.1 Å². The van der Waals surface area contributed by atoms with E-state index in [9.17, 15) is 22.8 Å². The zero-order chi connectivity index (χ0) is 21.8. The van der Waals surface area contributed by atoms with Crippen LogP contribution in [0, 0.1) is 0 Å². The zero-order valence-electron chi connectivity index (χ0n) is 16.6. The number of nitrogens with zero attached hydrogens (tertiary/aromatic N) is 2. The molecule has 0 unspecified atom stereocenters. The summed E-state index contributed by atoms with van der Waals surface area (Å²) >= 11 is 0. The van der Waals surface area contributed by atoms with E-state index in [0.29, 0.717) is 31.8 Å². The molecule has 0 radical (unpaired) electrons. The second-order valence-electron chi connectivity index (χ2n) is 8.36. The number of pyridine rings is 2. The first-order valence-electron chi connectivity index (χ1n) is 10.4. The van der Waals surface area contributed by atoms with Crippen molar-refractivity contribution >= 4 is 16.9 Å². The molecule has 5 rings (SSSR count). The van der Waals surface area contributed by atoms with Crippen molar-refractivity contribution in [1.82, 2.24) is 19.9 Å². The summed E-state index contributed by atoms with van der Waals surface area (Å²) in [6.07, 6.45) is 3.09. The topological polar surface area (TPSA) is 81.9 Å². The quantitative estimate of drug-likeness (QED) is 0.655. The summed E-state index contributed by atoms with van der Waals surface area (Å²) in [6, 6.07) is 3.91. The number of piperidine rings is 1. The molecule has 9 heteroatoms. The fourth-order valence-electron chi connectivity index (χ4n) is 4.39. The van der Waals surface area contributed by atoms with E-state index in [-0.39, 0.29) is 11.5 Å². The molecule has 162 valence electrons. The molecule has 1 saturated heterocycles. The van der Waals surface area contributed by atoms with Crippen LogP contribution in [0.3, 0.4) is 0 Å². The summed E-state index contributed by atoms with van der Waals surface area (Å²) in [7, 11) is 0. The van der Waals surface area contributed by atoms with Gasteiger partial charge in [-0.2, -0.15) is 13.2 Å². The molecule has 4 heterocycles. The Labute approximate surface area is 175 Å². The number of carbonyl (C=O) groups excluding carboxylic acids is 1. The van der Waals surface area contributed by atoms with Crippen LogP contribution in [0.1, 0.15) is 64.7 Å². The minimum absolute atomic E-state index is 0.250. The Morgan fingerprint density at radius 2 is 1.84 bits per heavy atom. The normalized spacial score (nSPS) is 18.0. The molecule has 3 aromatic heterocycles. The molecule has 2 aliphatic rings. The first-order chi connectivity index (χ1) is 14.8. The molecule has 1 aliphatic heterocycles. The largest absolute Gasteiger partial charge is 0.431 e. The van der Waals surface area contributed by atoms with Crippen LogP contribution in [0.15, 0.2) is 35.4 Å². The predicted molar refractivity (Wildman–Crippen MR) is 108 cm³/mol. The number of halogens is 3. The van der Waals surface area contributed by atoms with Crippen molar-refractivity contribution in [1.29, 1.82) is 0 Å². The number of rotatable bonds is 3. The molecule has 1 amide bonds. The number of H-pyrrole nitrogens is 2. The Morgan fingerprint density at radius 1 is 1.10 bits per heavy atom. The van der Waals surface area contributed by atoms with Gasteiger partial charge < -0.3 is 14.9 Å². The summed E-state index contributed by atoms with van der Waals surface area (Å²) < 4.78 is 38.2. The number of nitrogens with one attached hydrogen (secondary N) is 2. The Hall–Kier alpha value is -3.10. The van der Waals surface area contributed by atoms with Crippen LogP contribution in [-0.4, -0.2) is 38.8 Å². The maximum absolute atomic E-state index is 12.7. The van der Waals surface area contributed by atoms with Crippen LogP contribution in [0.25, 0.3) is 11.0 Å². The highest BCUT2D eigenvalue weighted by atomic mass is 19.4. The van der Waals surface area contributed by atoms with E-state index >= 15 is 0 Å². The van der Waals surface area contributed by atoms with Crippen LogP contribution in [0.2, 0.25) is 0 Å². The molecule has 31 heavy (non-hydrogen) atoms. The van der Waals surface area contributed by atoms with Crippen molar-refractivity contribution in [2.24, 2.45) is 0 Å². The van der Waals surface area contributed by atoms with Gasteiger partial charge in [0.15, 0.2) is 0 Å². The van der Waals surface area contributed by atoms with Crippen molar-refractivity contribution in [3.63, 3.8) is 0 Å². The number of carbonyl (C=O) groups is 1. The Bertz CT molecular complexity index is 1200. The third-order valence-electron chi connectivity index (χ3n) is 6.30. The first kappa shape index (κ1) is 19.8. The van der Waals surface area contributed by atoms with Gasteiger partial charge in [-0.15, -0.1) is 0 Å². The molecular weight excluding hydrogens is 409 g/mol. The summed E-state index contributed by atoms with van der Waals surface area (Å²) in [5.74, 6) is 0.325. The van der Waals surface area contributed by atoms with Gasteiger partial charge in [-0.05, 0) is 66.8 Å². The molecular formula is C22H21F3N4O2. The lowest BCUT2D eigenvalue weighted by molar-refractivity contribution is -0.141. The van der Waals surface area contributed by atoms with Crippen LogP contribution in [-0.2, 0) is 6.18 Å². The van der Waals surface area contributed by atoms with Gasteiger partial charge >= 0.3 is 6.18 Å². The molecule has 2 N–H and O–H groups in total. The maximum Gasteiger partial charge on any atom is 0.431 e. The number of alkyl halides is 3. The van der Waals surface area contributed by atoms with Crippen molar-refractivity contribution in [3.8, 4) is 0 Å². The van der Waals surface area contributed by atoms with E-state index in [4.69, 9.17) is 0 Å². The van der Waals surface area contributed by atoms with E-state index in [0.717, 1.165) is 23.2 Å². The van der Waals surface area contributed by atoms with Gasteiger partial charge in [0, 0.05) is 30.9 Å². The van der Waals surface area contributed by atoms with E-state index in [1.54, 1.807) is 4.98 Å². The number of hydrogen-bond acceptors (Lipinski definition) is 3. The van der Waals surface area contributed by atoms with Gasteiger partial charge in [0.05, 0.1) is 0 Å². The smallest absolute Gasteiger partial charge is 0.346 e. The van der Waals surface area contributed by atoms with Crippen molar-refractivity contribution in [2.45, 2.75) is 43.7 Å². The lowest BCUT2D eigenvalue weighted by atomic mass is 9.89. The molecule has 2 fully saturated rings. The predicted octanol–water partition coefficient (Wildman–Crippen LogP) is 4.17. The highest BCUT2D eigenvalue weighted by Crippen LogP contribution is 2.41. The molecule has 1 saturated carbocycles. The summed E-state index contributed by atoms with van der Waals surface area (Å²) in [6.45, 7) is 0.874. The molecule has 0 bridgehead atoms. The number of likely N-dealkylation sites (tertiary alicyclic amines) is 1. The molecule has 0 atom stereocenters. The number of aromatic nitrogens is 3. The second-order valence-corrected chi connectivity index (χ2v) is 8.36. The van der Waals surface area contributed by atoms with Gasteiger partial charge in [0.25, 0.3) is 11.5 Å². The Balaban J connectivity index is 1.31. The summed E-state index contributed by atoms with van der Waals surface area (Å²) in [5.41, 5.74) is 0.863. The zero-order valence-corrected chi connectivity index (χ0v) is 16.6. The van der Waals surface area contributed by atoms with Gasteiger partial charge in [0.2, 0.25) is 0 Å². The minimum Gasteiger partial charge on any atom is -0.346 e. The van der Waals surface area contributed by atoms with Crippen molar-refractivity contribution in [3.05, 3.63) is 63.3 Å². The molecule has 0 spiro atoms. The fraction of sp³-hybridized carbons (Fsp3) is 0.409. The minimum atomic E-state index is -4.66. The van der Waals surface area contributed by atoms with Crippen LogP contribution in [0.5, 0.6) is 0 Å². The Morgan fingerprint density at radius 3 is 2.48 bits per heavy atom. The molecule has 6 nitrogen and oxygen atoms in total. The van der Waals surface area contributed by atoms with E-state index in [2.05, 4.69) is 16.0 Å². The summed E-state index contributed by atoms with van der Waals surface area (Å²) in [5, 5.41) is 1.12. The third kappa shape index (κ3) is 3.73. The Kier molecular flexibility index (Phi) is 4.64. The number of fused-ring (bicyclic) bond motifs is 1. The highest BCUT2D eigenvalue weighted by molar-refractivity contribution is 5.94. The number of aromatic amines is 2. The average Bonchev–Trinajstić information content (AvgIpc) is 3.52. The third-order valence-corrected chi connectivity index (χ3v) is 6.30. The van der Waals surface area contributed by atoms with E-state index in [1.807, 2.05) is 12.4 Å². The first-order valence-corrected chi connectivity index (χ1v) is 10.4. The van der Waals surface area contributed by atoms with Crippen LogP contribution < -0.4 is 5.56 Å². The van der Waals surface area contributed by atoms with Crippen molar-refractivity contribution < 1.29 is 18.0 Å². The van der Waals surface area contributed by atoms with Gasteiger partial charge in [-0.1, -0.05) is 0 Å². The van der Waals surface area contributed by atoms with Gasteiger partial charge in [-0.3, -0.25) is 9.59 Å². The highest BCUT2D eigenvalue weighted by Gasteiger charge is 2.33. The molecule has 3 aromatic rings. The monoisotopic (exact) mass is 430 g/mol. The fourth-order valence-corrected chi connectivity index (χ4v) is 4.39. The number of hydrogen-bond donors (Lipinski definition) is 2. The van der Waals surface area contributed by atoms with E-state index < -0.39 is 23.3 Å². The average molecular weight is 430 g/mol. The standard InChI is InChI=1S/C22H21F3N4O2/c23-22(24,25)18-4-3-15(20(30)28-18)21(31)29-7-5-13(6-8-29)17-11-27-19-16(17)9-14(10-26-19)12-1-2-12/h3-4,9-13H,1-2,5-8H2,(H,26,27)(H,28,30). The second kappa shape index (κ2) is 7.25. The SMILES string of the molecule is O=C(c1ccc(C(F)(F)F)[nH]c1=O)N1CCC(c2c[nH]c3ncc(C4CC4)cc23)CC1. The maximum atomic E-state index is 12.7. The van der Waals surface area contributed by atoms with Gasteiger partial charge in [-0.25, -0.2) is 4.98 Å². The molecule has 0 aromatic carbocycles. The van der Waals surface area contributed by atoms with Crippen LogP contribution in [0.4, 0.5) is 13.2 Å². The van der Waals surface area contributed by atoms with Crippen LogP contribution >= 0.6 is 0 Å².